The van der Waals surface area contributed by atoms with Crippen molar-refractivity contribution in [1.82, 2.24) is 4.57 Å². The van der Waals surface area contributed by atoms with E-state index in [1.54, 1.807) is 10.6 Å². The zero-order valence-electron chi connectivity index (χ0n) is 9.80. The van der Waals surface area contributed by atoms with Gasteiger partial charge >= 0.3 is 5.97 Å². The molecule has 1 heterocycles. The number of rotatable bonds is 3. The predicted molar refractivity (Wildman–Crippen MR) is 72.9 cm³/mol. The van der Waals surface area contributed by atoms with Crippen LogP contribution in [0.1, 0.15) is 0 Å². The molecule has 18 heavy (non-hydrogen) atoms. The minimum Gasteiger partial charge on any atom is -0.468 e. The molecule has 1 unspecified atom stereocenters. The van der Waals surface area contributed by atoms with E-state index in [4.69, 9.17) is 0 Å². The van der Waals surface area contributed by atoms with E-state index in [1.165, 1.54) is 13.2 Å². The first-order valence-corrected chi connectivity index (χ1v) is 6.35. The summed E-state index contributed by atoms with van der Waals surface area (Å²) in [6.07, 6.45) is 0. The summed E-state index contributed by atoms with van der Waals surface area (Å²) in [5.41, 5.74) is 0.667. The van der Waals surface area contributed by atoms with E-state index in [0.717, 1.165) is 10.9 Å². The van der Waals surface area contributed by atoms with Gasteiger partial charge in [0, 0.05) is 12.6 Å². The highest BCUT2D eigenvalue weighted by atomic mass is 79.9. The van der Waals surface area contributed by atoms with Crippen LogP contribution in [0, 0.1) is 0 Å². The van der Waals surface area contributed by atoms with Crippen molar-refractivity contribution in [2.24, 2.45) is 0 Å². The van der Waals surface area contributed by atoms with Crippen LogP contribution in [-0.4, -0.2) is 22.5 Å². The van der Waals surface area contributed by atoms with Crippen molar-refractivity contribution >= 4 is 32.8 Å². The molecule has 0 amide bonds. The largest absolute Gasteiger partial charge is 0.468 e. The van der Waals surface area contributed by atoms with Gasteiger partial charge in [0.1, 0.15) is 4.83 Å². The zero-order valence-corrected chi connectivity index (χ0v) is 11.4. The van der Waals surface area contributed by atoms with Crippen LogP contribution in [0.25, 0.3) is 10.9 Å². The zero-order chi connectivity index (χ0) is 13.1. The third kappa shape index (κ3) is 2.46. The molecule has 1 atom stereocenters. The van der Waals surface area contributed by atoms with Gasteiger partial charge in [0.25, 0.3) is 5.56 Å². The molecule has 5 heteroatoms. The van der Waals surface area contributed by atoms with Gasteiger partial charge in [0.2, 0.25) is 0 Å². The van der Waals surface area contributed by atoms with Crippen LogP contribution in [0.3, 0.4) is 0 Å². The Morgan fingerprint density at radius 1 is 1.33 bits per heavy atom. The molecule has 0 N–H and O–H groups in total. The number of hydrogen-bond acceptors (Lipinski definition) is 3. The third-order valence-electron chi connectivity index (χ3n) is 2.70. The summed E-state index contributed by atoms with van der Waals surface area (Å²) in [6.45, 7) is 0.243. The Morgan fingerprint density at radius 2 is 2.06 bits per heavy atom. The fourth-order valence-electron chi connectivity index (χ4n) is 1.80. The van der Waals surface area contributed by atoms with E-state index in [1.807, 2.05) is 24.3 Å². The van der Waals surface area contributed by atoms with Crippen LogP contribution in [0.15, 0.2) is 41.2 Å². The molecule has 0 saturated carbocycles. The van der Waals surface area contributed by atoms with Crippen molar-refractivity contribution in [3.8, 4) is 0 Å². The van der Waals surface area contributed by atoms with E-state index in [-0.39, 0.29) is 12.1 Å². The van der Waals surface area contributed by atoms with Gasteiger partial charge in [-0.3, -0.25) is 9.59 Å². The van der Waals surface area contributed by atoms with Crippen LogP contribution in [-0.2, 0) is 16.1 Å². The van der Waals surface area contributed by atoms with E-state index < -0.39 is 10.8 Å². The summed E-state index contributed by atoms with van der Waals surface area (Å²) in [5, 5.41) is 0.960. The number of pyridine rings is 1. The van der Waals surface area contributed by atoms with Crippen LogP contribution in [0.5, 0.6) is 0 Å². The molecule has 0 radical (unpaired) electrons. The molecule has 0 spiro atoms. The van der Waals surface area contributed by atoms with Gasteiger partial charge in [-0.15, -0.1) is 0 Å². The standard InChI is InChI=1S/C13H12BrNO3/c1-18-13(17)10(14)8-15-11-5-3-2-4-9(11)6-7-12(15)16/h2-7,10H,8H2,1H3. The van der Waals surface area contributed by atoms with E-state index in [9.17, 15) is 9.59 Å². The first-order valence-electron chi connectivity index (χ1n) is 5.44. The van der Waals surface area contributed by atoms with E-state index in [2.05, 4.69) is 20.7 Å². The van der Waals surface area contributed by atoms with Crippen molar-refractivity contribution in [3.05, 3.63) is 46.8 Å². The Kier molecular flexibility index (Phi) is 3.81. The van der Waals surface area contributed by atoms with Gasteiger partial charge < -0.3 is 9.30 Å². The normalized spacial score (nSPS) is 12.3. The molecular weight excluding hydrogens is 298 g/mol. The van der Waals surface area contributed by atoms with Crippen LogP contribution in [0.4, 0.5) is 0 Å². The number of fused-ring (bicyclic) bond motifs is 1. The van der Waals surface area contributed by atoms with Crippen LogP contribution in [0.2, 0.25) is 0 Å². The lowest BCUT2D eigenvalue weighted by Crippen LogP contribution is -2.28. The number of aromatic nitrogens is 1. The minimum absolute atomic E-state index is 0.137. The Hall–Kier alpha value is -1.62. The number of carbonyl (C=O) groups excluding carboxylic acids is 1. The van der Waals surface area contributed by atoms with E-state index in [0.29, 0.717) is 0 Å². The molecule has 4 nitrogen and oxygen atoms in total. The molecule has 0 saturated heterocycles. The number of halogens is 1. The van der Waals surface area contributed by atoms with Crippen molar-refractivity contribution < 1.29 is 9.53 Å². The highest BCUT2D eigenvalue weighted by molar-refractivity contribution is 9.10. The van der Waals surface area contributed by atoms with Gasteiger partial charge in [-0.25, -0.2) is 0 Å². The first-order chi connectivity index (χ1) is 8.63. The maximum atomic E-state index is 11.9. The first kappa shape index (κ1) is 12.8. The Bertz CT molecular complexity index is 635. The van der Waals surface area contributed by atoms with Crippen molar-refractivity contribution in [3.63, 3.8) is 0 Å². The highest BCUT2D eigenvalue weighted by Gasteiger charge is 2.17. The molecule has 0 bridgehead atoms. The molecule has 2 rings (SSSR count). The summed E-state index contributed by atoms with van der Waals surface area (Å²) < 4.78 is 6.20. The number of benzene rings is 1. The second-order valence-electron chi connectivity index (χ2n) is 3.83. The molecule has 1 aromatic carbocycles. The Balaban J connectivity index is 2.47. The molecule has 0 aliphatic carbocycles. The number of hydrogen-bond donors (Lipinski definition) is 0. The molecular formula is C13H12BrNO3. The number of methoxy groups -OCH3 is 1. The van der Waals surface area contributed by atoms with Gasteiger partial charge in [-0.05, 0) is 17.5 Å². The topological polar surface area (TPSA) is 48.3 Å². The van der Waals surface area contributed by atoms with Crippen molar-refractivity contribution in [2.45, 2.75) is 11.4 Å². The number of ether oxygens (including phenoxy) is 1. The Morgan fingerprint density at radius 3 is 2.78 bits per heavy atom. The smallest absolute Gasteiger partial charge is 0.321 e. The maximum absolute atomic E-state index is 11.9. The lowest BCUT2D eigenvalue weighted by atomic mass is 10.2. The number of esters is 1. The summed E-state index contributed by atoms with van der Waals surface area (Å²) in [5.74, 6) is -0.394. The quantitative estimate of drug-likeness (QED) is 0.643. The van der Waals surface area contributed by atoms with Crippen molar-refractivity contribution in [2.75, 3.05) is 7.11 Å². The Labute approximate surface area is 112 Å². The average Bonchev–Trinajstić information content (AvgIpc) is 2.41. The molecule has 0 fully saturated rings. The van der Waals surface area contributed by atoms with Crippen LogP contribution >= 0.6 is 15.9 Å². The molecule has 0 aliphatic rings. The number of carbonyl (C=O) groups is 1. The van der Waals surface area contributed by atoms with Gasteiger partial charge in [0.05, 0.1) is 12.6 Å². The number of alkyl halides is 1. The molecule has 2 aromatic rings. The average molecular weight is 310 g/mol. The number of nitrogens with zero attached hydrogens (tertiary/aromatic N) is 1. The summed E-state index contributed by atoms with van der Waals surface area (Å²) >= 11 is 3.23. The predicted octanol–water partition coefficient (Wildman–Crippen LogP) is 1.94. The lowest BCUT2D eigenvalue weighted by molar-refractivity contribution is -0.140. The fraction of sp³-hybridized carbons (Fsp3) is 0.231. The molecule has 94 valence electrons. The van der Waals surface area contributed by atoms with Gasteiger partial charge in [0.15, 0.2) is 0 Å². The summed E-state index contributed by atoms with van der Waals surface area (Å²) in [4.78, 5) is 22.7. The van der Waals surface area contributed by atoms with Crippen molar-refractivity contribution in [1.29, 1.82) is 0 Å². The van der Waals surface area contributed by atoms with E-state index >= 15 is 0 Å². The fourth-order valence-corrected chi connectivity index (χ4v) is 2.27. The lowest BCUT2D eigenvalue weighted by Gasteiger charge is -2.12. The summed E-state index contributed by atoms with van der Waals surface area (Å²) in [7, 11) is 1.32. The second-order valence-corrected chi connectivity index (χ2v) is 4.94. The monoisotopic (exact) mass is 309 g/mol. The van der Waals surface area contributed by atoms with Crippen LogP contribution < -0.4 is 5.56 Å². The maximum Gasteiger partial charge on any atom is 0.321 e. The summed E-state index contributed by atoms with van der Waals surface area (Å²) in [6, 6.07) is 10.8. The minimum atomic E-state index is -0.536. The number of para-hydroxylation sites is 1. The second kappa shape index (κ2) is 5.35. The van der Waals surface area contributed by atoms with Gasteiger partial charge in [-0.1, -0.05) is 34.1 Å². The SMILES string of the molecule is COC(=O)C(Br)Cn1c(=O)ccc2ccccc21. The molecule has 1 aromatic heterocycles. The molecule has 0 aliphatic heterocycles. The third-order valence-corrected chi connectivity index (χ3v) is 3.36. The highest BCUT2D eigenvalue weighted by Crippen LogP contribution is 2.13. The van der Waals surface area contributed by atoms with Gasteiger partial charge in [-0.2, -0.15) is 0 Å².